The van der Waals surface area contributed by atoms with Crippen LogP contribution in [0.15, 0.2) is 48.5 Å². The number of rotatable bonds is 7. The maximum Gasteiger partial charge on any atom is 0.347 e. The van der Waals surface area contributed by atoms with Gasteiger partial charge in [0.1, 0.15) is 18.1 Å². The molecule has 2 aromatic carbocycles. The monoisotopic (exact) mass is 334 g/mol. The molecule has 0 saturated heterocycles. The smallest absolute Gasteiger partial charge is 0.347 e. The standard InChI is InChI=1S/C18H19ClO4/c1-3-18(2,17(20)21)23-14-9-10-15(19)16(11-14)22-12-13-7-5-4-6-8-13/h4-11H,3,12H2,1-2H3,(H,20,21). The van der Waals surface area contributed by atoms with E-state index in [0.717, 1.165) is 5.56 Å². The molecule has 0 amide bonds. The third kappa shape index (κ3) is 4.39. The number of ether oxygens (including phenoxy) is 2. The van der Waals surface area contributed by atoms with Gasteiger partial charge in [-0.2, -0.15) is 0 Å². The van der Waals surface area contributed by atoms with E-state index in [9.17, 15) is 9.90 Å². The molecule has 2 aromatic rings. The number of carbonyl (C=O) groups is 1. The van der Waals surface area contributed by atoms with Crippen molar-refractivity contribution in [1.82, 2.24) is 0 Å². The Kier molecular flexibility index (Phi) is 5.50. The van der Waals surface area contributed by atoms with E-state index in [2.05, 4.69) is 0 Å². The maximum atomic E-state index is 11.3. The number of hydrogen-bond acceptors (Lipinski definition) is 3. The molecule has 4 nitrogen and oxygen atoms in total. The molecule has 0 saturated carbocycles. The molecule has 0 aliphatic rings. The molecule has 0 radical (unpaired) electrons. The summed E-state index contributed by atoms with van der Waals surface area (Å²) in [5.74, 6) is -0.150. The first-order valence-corrected chi connectivity index (χ1v) is 7.71. The van der Waals surface area contributed by atoms with Crippen molar-refractivity contribution in [3.63, 3.8) is 0 Å². The van der Waals surface area contributed by atoms with Crippen molar-refractivity contribution in [3.05, 3.63) is 59.1 Å². The predicted molar refractivity (Wildman–Crippen MR) is 89.2 cm³/mol. The topological polar surface area (TPSA) is 55.8 Å². The second kappa shape index (κ2) is 7.38. The van der Waals surface area contributed by atoms with Gasteiger partial charge in [-0.3, -0.25) is 0 Å². The molecule has 0 aromatic heterocycles. The zero-order chi connectivity index (χ0) is 16.9. The Morgan fingerprint density at radius 1 is 1.22 bits per heavy atom. The van der Waals surface area contributed by atoms with Crippen LogP contribution in [-0.2, 0) is 11.4 Å². The summed E-state index contributed by atoms with van der Waals surface area (Å²) in [6, 6.07) is 14.6. The molecule has 0 aliphatic heterocycles. The molecule has 0 aliphatic carbocycles. The summed E-state index contributed by atoms with van der Waals surface area (Å²) in [7, 11) is 0. The van der Waals surface area contributed by atoms with Gasteiger partial charge >= 0.3 is 5.97 Å². The van der Waals surface area contributed by atoms with Crippen molar-refractivity contribution in [2.45, 2.75) is 32.5 Å². The summed E-state index contributed by atoms with van der Waals surface area (Å²) < 4.78 is 11.3. The molecule has 0 bridgehead atoms. The number of aliphatic carboxylic acids is 1. The third-order valence-corrected chi connectivity index (χ3v) is 3.92. The Balaban J connectivity index is 2.14. The van der Waals surface area contributed by atoms with Crippen LogP contribution in [0.5, 0.6) is 11.5 Å². The Morgan fingerprint density at radius 2 is 1.91 bits per heavy atom. The van der Waals surface area contributed by atoms with Crippen molar-refractivity contribution >= 4 is 17.6 Å². The molecule has 1 atom stereocenters. The molecular formula is C18H19ClO4. The first-order valence-electron chi connectivity index (χ1n) is 7.33. The van der Waals surface area contributed by atoms with E-state index < -0.39 is 11.6 Å². The number of hydrogen-bond donors (Lipinski definition) is 1. The minimum Gasteiger partial charge on any atom is -0.487 e. The van der Waals surface area contributed by atoms with E-state index in [4.69, 9.17) is 21.1 Å². The first-order chi connectivity index (χ1) is 10.9. The molecule has 122 valence electrons. The van der Waals surface area contributed by atoms with E-state index in [1.165, 1.54) is 6.92 Å². The highest BCUT2D eigenvalue weighted by molar-refractivity contribution is 6.32. The van der Waals surface area contributed by atoms with Crippen molar-refractivity contribution in [2.24, 2.45) is 0 Å². The highest BCUT2D eigenvalue weighted by Crippen LogP contribution is 2.32. The molecule has 5 heteroatoms. The highest BCUT2D eigenvalue weighted by Gasteiger charge is 2.33. The molecule has 0 spiro atoms. The fourth-order valence-electron chi connectivity index (χ4n) is 1.92. The zero-order valence-corrected chi connectivity index (χ0v) is 13.8. The fourth-order valence-corrected chi connectivity index (χ4v) is 2.09. The normalized spacial score (nSPS) is 13.2. The Bertz CT molecular complexity index is 672. The van der Waals surface area contributed by atoms with Gasteiger partial charge in [0.25, 0.3) is 0 Å². The lowest BCUT2D eigenvalue weighted by molar-refractivity contribution is -0.154. The van der Waals surface area contributed by atoms with Crippen LogP contribution in [0.2, 0.25) is 5.02 Å². The average molecular weight is 335 g/mol. The second-order valence-electron chi connectivity index (χ2n) is 5.36. The predicted octanol–water partition coefficient (Wildman–Crippen LogP) is 4.55. The summed E-state index contributed by atoms with van der Waals surface area (Å²) in [5, 5.41) is 9.73. The number of halogens is 1. The molecule has 23 heavy (non-hydrogen) atoms. The van der Waals surface area contributed by atoms with E-state index >= 15 is 0 Å². The van der Waals surface area contributed by atoms with Crippen LogP contribution in [0.4, 0.5) is 0 Å². The zero-order valence-electron chi connectivity index (χ0n) is 13.1. The minimum absolute atomic E-state index is 0.338. The molecule has 0 fully saturated rings. The lowest BCUT2D eigenvalue weighted by Gasteiger charge is -2.25. The number of benzene rings is 2. The quantitative estimate of drug-likeness (QED) is 0.807. The molecule has 1 N–H and O–H groups in total. The Morgan fingerprint density at radius 3 is 2.52 bits per heavy atom. The summed E-state index contributed by atoms with van der Waals surface area (Å²) in [4.78, 5) is 11.3. The van der Waals surface area contributed by atoms with Crippen LogP contribution in [0.25, 0.3) is 0 Å². The van der Waals surface area contributed by atoms with Gasteiger partial charge in [-0.1, -0.05) is 48.9 Å². The molecular weight excluding hydrogens is 316 g/mol. The van der Waals surface area contributed by atoms with Crippen molar-refractivity contribution in [3.8, 4) is 11.5 Å². The Labute approximate surface area is 140 Å². The lowest BCUT2D eigenvalue weighted by Crippen LogP contribution is -2.40. The van der Waals surface area contributed by atoms with Gasteiger partial charge in [0.15, 0.2) is 0 Å². The summed E-state index contributed by atoms with van der Waals surface area (Å²) in [6.07, 6.45) is 0.338. The minimum atomic E-state index is -1.29. The molecule has 1 unspecified atom stereocenters. The summed E-state index contributed by atoms with van der Waals surface area (Å²) in [5.41, 5.74) is -0.274. The largest absolute Gasteiger partial charge is 0.487 e. The highest BCUT2D eigenvalue weighted by atomic mass is 35.5. The SMILES string of the molecule is CCC(C)(Oc1ccc(Cl)c(OCc2ccccc2)c1)C(=O)O. The maximum absolute atomic E-state index is 11.3. The van der Waals surface area contributed by atoms with Crippen LogP contribution >= 0.6 is 11.6 Å². The van der Waals surface area contributed by atoms with Gasteiger partial charge in [0.2, 0.25) is 5.60 Å². The van der Waals surface area contributed by atoms with E-state index in [-0.39, 0.29) is 0 Å². The number of carboxylic acid groups (broad SMARTS) is 1. The van der Waals surface area contributed by atoms with E-state index in [1.54, 1.807) is 25.1 Å². The van der Waals surface area contributed by atoms with Crippen molar-refractivity contribution in [2.75, 3.05) is 0 Å². The van der Waals surface area contributed by atoms with E-state index in [1.807, 2.05) is 30.3 Å². The fraction of sp³-hybridized carbons (Fsp3) is 0.278. The van der Waals surface area contributed by atoms with E-state index in [0.29, 0.717) is 29.5 Å². The average Bonchev–Trinajstić information content (AvgIpc) is 2.56. The number of carboxylic acids is 1. The van der Waals surface area contributed by atoms with Gasteiger partial charge in [0, 0.05) is 6.07 Å². The second-order valence-corrected chi connectivity index (χ2v) is 5.77. The van der Waals surface area contributed by atoms with Gasteiger partial charge in [-0.15, -0.1) is 0 Å². The molecule has 2 rings (SSSR count). The van der Waals surface area contributed by atoms with Crippen LogP contribution in [0.3, 0.4) is 0 Å². The van der Waals surface area contributed by atoms with Crippen molar-refractivity contribution < 1.29 is 19.4 Å². The Hall–Kier alpha value is -2.20. The van der Waals surface area contributed by atoms with Crippen LogP contribution in [0, 0.1) is 0 Å². The third-order valence-electron chi connectivity index (χ3n) is 3.61. The first kappa shape index (κ1) is 17.2. The van der Waals surface area contributed by atoms with Crippen molar-refractivity contribution in [1.29, 1.82) is 0 Å². The van der Waals surface area contributed by atoms with Crippen LogP contribution in [0.1, 0.15) is 25.8 Å². The van der Waals surface area contributed by atoms with Gasteiger partial charge in [-0.05, 0) is 31.0 Å². The van der Waals surface area contributed by atoms with Crippen LogP contribution < -0.4 is 9.47 Å². The van der Waals surface area contributed by atoms with Crippen LogP contribution in [-0.4, -0.2) is 16.7 Å². The van der Waals surface area contributed by atoms with Gasteiger partial charge < -0.3 is 14.6 Å². The molecule has 0 heterocycles. The van der Waals surface area contributed by atoms with Gasteiger partial charge in [-0.25, -0.2) is 4.79 Å². The van der Waals surface area contributed by atoms with Gasteiger partial charge in [0.05, 0.1) is 5.02 Å². The lowest BCUT2D eigenvalue weighted by atomic mass is 10.0. The summed E-state index contributed by atoms with van der Waals surface area (Å²) >= 11 is 6.13. The summed E-state index contributed by atoms with van der Waals surface area (Å²) in [6.45, 7) is 3.67.